The SMILES string of the molecule is CCn1ncc2c(NC3CCOCC3)c(CN3CCN(c4ccccc4C)CC3)c(C)nc21. The minimum Gasteiger partial charge on any atom is -0.381 e. The molecule has 2 aromatic heterocycles. The molecule has 2 aliphatic heterocycles. The molecule has 0 spiro atoms. The predicted octanol–water partition coefficient (Wildman–Crippen LogP) is 3.98. The smallest absolute Gasteiger partial charge is 0.160 e. The van der Waals surface area contributed by atoms with Gasteiger partial charge < -0.3 is 15.0 Å². The van der Waals surface area contributed by atoms with Gasteiger partial charge in [-0.05, 0) is 45.2 Å². The average molecular weight is 449 g/mol. The molecule has 0 aliphatic carbocycles. The van der Waals surface area contributed by atoms with E-state index >= 15 is 0 Å². The van der Waals surface area contributed by atoms with Gasteiger partial charge in [-0.25, -0.2) is 9.67 Å². The zero-order valence-corrected chi connectivity index (χ0v) is 20.2. The monoisotopic (exact) mass is 448 g/mol. The van der Waals surface area contributed by atoms with Crippen LogP contribution in [0.5, 0.6) is 0 Å². The van der Waals surface area contributed by atoms with Crippen LogP contribution in [0.2, 0.25) is 0 Å². The van der Waals surface area contributed by atoms with Crippen LogP contribution in [0, 0.1) is 13.8 Å². The Bertz CT molecular complexity index is 1100. The second kappa shape index (κ2) is 9.69. The van der Waals surface area contributed by atoms with Crippen molar-refractivity contribution in [2.75, 3.05) is 49.6 Å². The van der Waals surface area contributed by atoms with Crippen molar-refractivity contribution >= 4 is 22.4 Å². The van der Waals surface area contributed by atoms with E-state index in [1.54, 1.807) is 0 Å². The van der Waals surface area contributed by atoms with Gasteiger partial charge in [0.25, 0.3) is 0 Å². The van der Waals surface area contributed by atoms with Crippen LogP contribution in [0.1, 0.15) is 36.6 Å². The first-order valence-electron chi connectivity index (χ1n) is 12.4. The number of hydrogen-bond acceptors (Lipinski definition) is 6. The summed E-state index contributed by atoms with van der Waals surface area (Å²) in [7, 11) is 0. The number of benzene rings is 1. The molecule has 7 heteroatoms. The number of fused-ring (bicyclic) bond motifs is 1. The second-order valence-corrected chi connectivity index (χ2v) is 9.33. The Labute approximate surface area is 196 Å². The highest BCUT2D eigenvalue weighted by Gasteiger charge is 2.24. The molecule has 176 valence electrons. The molecule has 0 bridgehead atoms. The number of piperazine rings is 1. The number of para-hydroxylation sites is 1. The molecule has 7 nitrogen and oxygen atoms in total. The molecule has 2 saturated heterocycles. The number of nitrogens with one attached hydrogen (secondary N) is 1. The van der Waals surface area contributed by atoms with Crippen molar-refractivity contribution < 1.29 is 4.74 Å². The first kappa shape index (κ1) is 22.2. The summed E-state index contributed by atoms with van der Waals surface area (Å²) in [5.74, 6) is 0. The molecular formula is C26H36N6O. The fourth-order valence-corrected chi connectivity index (χ4v) is 5.17. The number of aromatic nitrogens is 3. The van der Waals surface area contributed by atoms with E-state index in [4.69, 9.17) is 9.72 Å². The van der Waals surface area contributed by atoms with E-state index < -0.39 is 0 Å². The average Bonchev–Trinajstić information content (AvgIpc) is 3.25. The number of ether oxygens (including phenoxy) is 1. The quantitative estimate of drug-likeness (QED) is 0.616. The van der Waals surface area contributed by atoms with Gasteiger partial charge in [-0.1, -0.05) is 18.2 Å². The van der Waals surface area contributed by atoms with Crippen LogP contribution in [0.3, 0.4) is 0 Å². The summed E-state index contributed by atoms with van der Waals surface area (Å²) in [5.41, 5.74) is 7.35. The minimum absolute atomic E-state index is 0.436. The lowest BCUT2D eigenvalue weighted by atomic mass is 10.0. The largest absolute Gasteiger partial charge is 0.381 e. The lowest BCUT2D eigenvalue weighted by Crippen LogP contribution is -2.46. The lowest BCUT2D eigenvalue weighted by molar-refractivity contribution is 0.0904. The zero-order valence-electron chi connectivity index (χ0n) is 20.2. The highest BCUT2D eigenvalue weighted by molar-refractivity contribution is 5.91. The van der Waals surface area contributed by atoms with E-state index in [0.717, 1.165) is 82.1 Å². The standard InChI is InChI=1S/C26H36N6O/c1-4-32-26-22(17-27-32)25(29-21-9-15-33-16-10-21)23(20(3)28-26)18-30-11-13-31(14-12-30)24-8-6-5-7-19(24)2/h5-8,17,21H,4,9-16,18H2,1-3H3,(H,28,29). The van der Waals surface area contributed by atoms with E-state index in [1.165, 1.54) is 22.5 Å². The van der Waals surface area contributed by atoms with Gasteiger partial charge in [0.15, 0.2) is 5.65 Å². The molecule has 2 fully saturated rings. The molecule has 1 aromatic carbocycles. The molecule has 3 aromatic rings. The molecule has 0 saturated carbocycles. The molecule has 0 unspecified atom stereocenters. The van der Waals surface area contributed by atoms with Crippen molar-refractivity contribution in [1.82, 2.24) is 19.7 Å². The summed E-state index contributed by atoms with van der Waals surface area (Å²) >= 11 is 0. The summed E-state index contributed by atoms with van der Waals surface area (Å²) in [6, 6.07) is 9.15. The molecule has 0 atom stereocenters. The Balaban J connectivity index is 1.38. The van der Waals surface area contributed by atoms with Crippen LogP contribution >= 0.6 is 0 Å². The summed E-state index contributed by atoms with van der Waals surface area (Å²) < 4.78 is 7.60. The number of pyridine rings is 1. The van der Waals surface area contributed by atoms with Gasteiger partial charge in [0, 0.05) is 75.5 Å². The zero-order chi connectivity index (χ0) is 22.8. The lowest BCUT2D eigenvalue weighted by Gasteiger charge is -2.37. The topological polar surface area (TPSA) is 58.5 Å². The fraction of sp³-hybridized carbons (Fsp3) is 0.538. The van der Waals surface area contributed by atoms with Crippen molar-refractivity contribution in [2.24, 2.45) is 0 Å². The Kier molecular flexibility index (Phi) is 6.51. The third kappa shape index (κ3) is 4.57. The first-order valence-corrected chi connectivity index (χ1v) is 12.4. The summed E-state index contributed by atoms with van der Waals surface area (Å²) in [5, 5.41) is 9.65. The predicted molar refractivity (Wildman–Crippen MR) is 134 cm³/mol. The third-order valence-electron chi connectivity index (χ3n) is 7.17. The van der Waals surface area contributed by atoms with Gasteiger partial charge in [0.1, 0.15) is 0 Å². The van der Waals surface area contributed by atoms with Crippen molar-refractivity contribution in [1.29, 1.82) is 0 Å². The highest BCUT2D eigenvalue weighted by atomic mass is 16.5. The van der Waals surface area contributed by atoms with E-state index in [-0.39, 0.29) is 0 Å². The van der Waals surface area contributed by atoms with Crippen LogP contribution in [-0.2, 0) is 17.8 Å². The van der Waals surface area contributed by atoms with Crippen LogP contribution in [0.15, 0.2) is 30.5 Å². The summed E-state index contributed by atoms with van der Waals surface area (Å²) in [4.78, 5) is 10.1. The number of nitrogens with zero attached hydrogens (tertiary/aromatic N) is 5. The van der Waals surface area contributed by atoms with Gasteiger partial charge in [-0.2, -0.15) is 5.10 Å². The van der Waals surface area contributed by atoms with Gasteiger partial charge in [-0.3, -0.25) is 4.90 Å². The van der Waals surface area contributed by atoms with E-state index in [2.05, 4.69) is 65.3 Å². The number of anilines is 2. The van der Waals surface area contributed by atoms with E-state index in [1.807, 2.05) is 10.9 Å². The van der Waals surface area contributed by atoms with E-state index in [0.29, 0.717) is 6.04 Å². The minimum atomic E-state index is 0.436. The van der Waals surface area contributed by atoms with Crippen molar-refractivity contribution in [2.45, 2.75) is 52.7 Å². The molecule has 0 amide bonds. The molecule has 0 radical (unpaired) electrons. The first-order chi connectivity index (χ1) is 16.1. The summed E-state index contributed by atoms with van der Waals surface area (Å²) in [6.45, 7) is 14.1. The van der Waals surface area contributed by atoms with Crippen molar-refractivity contribution in [3.63, 3.8) is 0 Å². The Morgan fingerprint density at radius 2 is 1.82 bits per heavy atom. The Morgan fingerprint density at radius 1 is 1.06 bits per heavy atom. The van der Waals surface area contributed by atoms with Crippen molar-refractivity contribution in [3.05, 3.63) is 47.3 Å². The second-order valence-electron chi connectivity index (χ2n) is 9.33. The fourth-order valence-electron chi connectivity index (χ4n) is 5.17. The maximum Gasteiger partial charge on any atom is 0.160 e. The summed E-state index contributed by atoms with van der Waals surface area (Å²) in [6.07, 6.45) is 4.07. The van der Waals surface area contributed by atoms with Gasteiger partial charge in [-0.15, -0.1) is 0 Å². The number of rotatable bonds is 6. The molecule has 2 aliphatic rings. The maximum absolute atomic E-state index is 5.60. The van der Waals surface area contributed by atoms with Crippen LogP contribution in [-0.4, -0.2) is 65.1 Å². The van der Waals surface area contributed by atoms with Crippen LogP contribution in [0.25, 0.3) is 11.0 Å². The number of aryl methyl sites for hydroxylation is 3. The van der Waals surface area contributed by atoms with Gasteiger partial charge >= 0.3 is 0 Å². The molecule has 1 N–H and O–H groups in total. The van der Waals surface area contributed by atoms with Crippen LogP contribution < -0.4 is 10.2 Å². The van der Waals surface area contributed by atoms with Crippen molar-refractivity contribution in [3.8, 4) is 0 Å². The number of hydrogen-bond donors (Lipinski definition) is 1. The van der Waals surface area contributed by atoms with Gasteiger partial charge in [0.2, 0.25) is 0 Å². The molecule has 4 heterocycles. The maximum atomic E-state index is 5.60. The Hall–Kier alpha value is -2.64. The van der Waals surface area contributed by atoms with Gasteiger partial charge in [0.05, 0.1) is 17.3 Å². The molecule has 33 heavy (non-hydrogen) atoms. The third-order valence-corrected chi connectivity index (χ3v) is 7.17. The van der Waals surface area contributed by atoms with Crippen LogP contribution in [0.4, 0.5) is 11.4 Å². The molecular weight excluding hydrogens is 412 g/mol. The Morgan fingerprint density at radius 3 is 2.55 bits per heavy atom. The normalized spacial score (nSPS) is 18.2. The highest BCUT2D eigenvalue weighted by Crippen LogP contribution is 2.32. The molecule has 5 rings (SSSR count). The van der Waals surface area contributed by atoms with E-state index in [9.17, 15) is 0 Å².